The van der Waals surface area contributed by atoms with E-state index in [0.29, 0.717) is 48.4 Å². The van der Waals surface area contributed by atoms with Crippen LogP contribution in [0.5, 0.6) is 0 Å². The fourth-order valence-corrected chi connectivity index (χ4v) is 5.23. The van der Waals surface area contributed by atoms with E-state index in [-0.39, 0.29) is 11.3 Å². The van der Waals surface area contributed by atoms with E-state index in [1.807, 2.05) is 18.9 Å². The molecule has 0 aromatic heterocycles. The predicted octanol–water partition coefficient (Wildman–Crippen LogP) is 5.25. The highest BCUT2D eigenvalue weighted by Gasteiger charge is 2.32. The van der Waals surface area contributed by atoms with Crippen molar-refractivity contribution >= 4 is 48.2 Å². The number of anilines is 3. The molecule has 0 spiro atoms. The van der Waals surface area contributed by atoms with Crippen LogP contribution in [0.1, 0.15) is 40.7 Å². The highest BCUT2D eigenvalue weighted by atomic mass is 19.4. The molecule has 13 heteroatoms. The minimum Gasteiger partial charge on any atom is -0.369 e. The summed E-state index contributed by atoms with van der Waals surface area (Å²) >= 11 is 0. The molecule has 2 saturated heterocycles. The van der Waals surface area contributed by atoms with E-state index in [1.165, 1.54) is 6.34 Å². The second kappa shape index (κ2) is 13.4. The molecule has 2 aromatic rings. The Morgan fingerprint density at radius 3 is 2.45 bits per heavy atom. The van der Waals surface area contributed by atoms with Crippen LogP contribution in [0, 0.1) is 6.92 Å². The van der Waals surface area contributed by atoms with Crippen molar-refractivity contribution in [2.45, 2.75) is 32.4 Å². The van der Waals surface area contributed by atoms with Gasteiger partial charge in [0.1, 0.15) is 6.34 Å². The average molecular weight is 608 g/mol. The van der Waals surface area contributed by atoms with Gasteiger partial charge in [-0.1, -0.05) is 6.07 Å². The zero-order chi connectivity index (χ0) is 31.3. The molecule has 10 nitrogen and oxygen atoms in total. The Hall–Kier alpha value is -4.52. The molecule has 0 saturated carbocycles. The summed E-state index contributed by atoms with van der Waals surface area (Å²) in [4.78, 5) is 36.9. The third-order valence-corrected chi connectivity index (χ3v) is 7.78. The molecule has 0 unspecified atom stereocenters. The number of benzene rings is 2. The molecule has 0 radical (unpaired) electrons. The number of aryl methyl sites for hydroxylation is 1. The number of hydrogen-bond donors (Lipinski definition) is 2. The maximum Gasteiger partial charge on any atom is 0.416 e. The lowest BCUT2D eigenvalue weighted by atomic mass is 10.1. The van der Waals surface area contributed by atoms with Crippen molar-refractivity contribution in [2.75, 3.05) is 61.8 Å². The summed E-state index contributed by atoms with van der Waals surface area (Å²) in [7, 11) is 1.98. The van der Waals surface area contributed by atoms with Crippen LogP contribution in [0.3, 0.4) is 0 Å². The van der Waals surface area contributed by atoms with Crippen LogP contribution < -0.4 is 15.5 Å². The first kappa shape index (κ1) is 30.9. The van der Waals surface area contributed by atoms with Crippen LogP contribution in [-0.2, 0) is 6.18 Å². The standard InChI is InChI=1S/C31H36F3N9O/c1-21-6-7-22(16-27(21)39-28(37-20-35-2)26-8-9-36-30(40-26)43-10-4-5-11-43)29(44)38-24-17-23(31(32,33)34)18-25(19-24)42-14-12-41(3)13-15-42/h6-7,9,16-20,39H,2,4-5,8,10-15H2,1,3H3,(H,38,44)/b28-26-,37-20-. The Kier molecular flexibility index (Phi) is 9.43. The van der Waals surface area contributed by atoms with E-state index < -0.39 is 17.6 Å². The van der Waals surface area contributed by atoms with E-state index in [2.05, 4.69) is 42.1 Å². The Bertz CT molecular complexity index is 1520. The maximum atomic E-state index is 13.8. The van der Waals surface area contributed by atoms with Crippen LogP contribution in [-0.4, -0.2) is 87.3 Å². The number of hydrogen-bond acceptors (Lipinski definition) is 8. The topological polar surface area (TPSA) is 100 Å². The monoisotopic (exact) mass is 607 g/mol. The lowest BCUT2D eigenvalue weighted by molar-refractivity contribution is -0.137. The number of rotatable bonds is 7. The number of halogens is 3. The van der Waals surface area contributed by atoms with Gasteiger partial charge in [0.05, 0.1) is 11.3 Å². The first-order valence-corrected chi connectivity index (χ1v) is 14.5. The summed E-state index contributed by atoms with van der Waals surface area (Å²) < 4.78 is 41.4. The first-order chi connectivity index (χ1) is 21.1. The molecule has 2 aromatic carbocycles. The van der Waals surface area contributed by atoms with Crippen molar-refractivity contribution in [3.8, 4) is 0 Å². The van der Waals surface area contributed by atoms with E-state index in [1.54, 1.807) is 30.5 Å². The molecule has 2 N–H and O–H groups in total. The van der Waals surface area contributed by atoms with Crippen molar-refractivity contribution in [3.63, 3.8) is 0 Å². The molecule has 5 rings (SSSR count). The molecule has 0 atom stereocenters. The Morgan fingerprint density at radius 1 is 1.00 bits per heavy atom. The largest absolute Gasteiger partial charge is 0.416 e. The third kappa shape index (κ3) is 7.51. The molecule has 2 fully saturated rings. The van der Waals surface area contributed by atoms with Gasteiger partial charge in [0.2, 0.25) is 5.96 Å². The highest BCUT2D eigenvalue weighted by Crippen LogP contribution is 2.35. The maximum absolute atomic E-state index is 13.8. The number of alkyl halides is 3. The second-order valence-corrected chi connectivity index (χ2v) is 11.0. The van der Waals surface area contributed by atoms with Gasteiger partial charge in [0.25, 0.3) is 5.91 Å². The first-order valence-electron chi connectivity index (χ1n) is 14.5. The van der Waals surface area contributed by atoms with Crippen LogP contribution in [0.25, 0.3) is 0 Å². The van der Waals surface area contributed by atoms with Crippen molar-refractivity contribution in [1.29, 1.82) is 0 Å². The Labute approximate surface area is 254 Å². The lowest BCUT2D eigenvalue weighted by Gasteiger charge is -2.34. The van der Waals surface area contributed by atoms with Crippen LogP contribution in [0.2, 0.25) is 0 Å². The van der Waals surface area contributed by atoms with Gasteiger partial charge >= 0.3 is 6.18 Å². The number of guanidine groups is 1. The molecule has 3 aliphatic heterocycles. The number of aliphatic imine (C=N–C) groups is 4. The van der Waals surface area contributed by atoms with E-state index in [9.17, 15) is 18.0 Å². The van der Waals surface area contributed by atoms with Crippen LogP contribution in [0.4, 0.5) is 30.2 Å². The summed E-state index contributed by atoms with van der Waals surface area (Å²) in [6.07, 6.45) is 1.15. The fraction of sp³-hybridized carbons (Fsp3) is 0.387. The molecule has 1 amide bonds. The number of likely N-dealkylation sites (tertiary alicyclic amines) is 1. The number of allylic oxidation sites excluding steroid dienone is 1. The highest BCUT2D eigenvalue weighted by molar-refractivity contribution is 6.05. The molecular weight excluding hydrogens is 571 g/mol. The fourth-order valence-electron chi connectivity index (χ4n) is 5.23. The smallest absolute Gasteiger partial charge is 0.369 e. The van der Waals surface area contributed by atoms with Crippen LogP contribution in [0.15, 0.2) is 67.9 Å². The summed E-state index contributed by atoms with van der Waals surface area (Å²) in [5, 5.41) is 5.95. The summed E-state index contributed by atoms with van der Waals surface area (Å²) in [6, 6.07) is 8.72. The number of likely N-dealkylation sites (N-methyl/N-ethyl adjacent to an activating group) is 1. The summed E-state index contributed by atoms with van der Waals surface area (Å²) in [5.41, 5.74) is 2.00. The number of carbonyl (C=O) groups excluding carboxylic acids is 1. The molecule has 232 valence electrons. The summed E-state index contributed by atoms with van der Waals surface area (Å²) in [6.45, 7) is 9.78. The molecule has 0 bridgehead atoms. The number of amides is 1. The van der Waals surface area contributed by atoms with Crippen molar-refractivity contribution in [3.05, 3.63) is 64.6 Å². The van der Waals surface area contributed by atoms with Gasteiger partial charge in [-0.25, -0.2) is 15.0 Å². The van der Waals surface area contributed by atoms with Crippen LogP contribution >= 0.6 is 0 Å². The van der Waals surface area contributed by atoms with Crippen molar-refractivity contribution < 1.29 is 18.0 Å². The average Bonchev–Trinajstić information content (AvgIpc) is 3.55. The molecule has 44 heavy (non-hydrogen) atoms. The number of carbonyl (C=O) groups is 1. The normalized spacial score (nSPS) is 18.9. The van der Waals surface area contributed by atoms with Gasteiger partial charge in [0, 0.05) is 74.5 Å². The molecular formula is C31H36F3N9O. The van der Waals surface area contributed by atoms with E-state index in [4.69, 9.17) is 4.99 Å². The van der Waals surface area contributed by atoms with E-state index >= 15 is 0 Å². The number of nitrogens with one attached hydrogen (secondary N) is 2. The third-order valence-electron chi connectivity index (χ3n) is 7.78. The zero-order valence-electron chi connectivity index (χ0n) is 24.9. The second-order valence-electron chi connectivity index (χ2n) is 11.0. The van der Waals surface area contributed by atoms with Crippen molar-refractivity contribution in [1.82, 2.24) is 9.80 Å². The Balaban J connectivity index is 1.40. The molecule has 3 heterocycles. The lowest BCUT2D eigenvalue weighted by Crippen LogP contribution is -2.44. The van der Waals surface area contributed by atoms with Crippen molar-refractivity contribution in [2.24, 2.45) is 20.0 Å². The van der Waals surface area contributed by atoms with Gasteiger partial charge in [0.15, 0.2) is 5.82 Å². The van der Waals surface area contributed by atoms with Gasteiger partial charge in [-0.15, -0.1) is 0 Å². The zero-order valence-corrected chi connectivity index (χ0v) is 24.9. The van der Waals surface area contributed by atoms with Gasteiger partial charge in [-0.05, 0) is 69.4 Å². The number of nitrogens with zero attached hydrogens (tertiary/aromatic N) is 7. The molecule has 0 aliphatic carbocycles. The predicted molar refractivity (Wildman–Crippen MR) is 170 cm³/mol. The minimum absolute atomic E-state index is 0.0728. The Morgan fingerprint density at radius 2 is 1.75 bits per heavy atom. The minimum atomic E-state index is -4.56. The van der Waals surface area contributed by atoms with Gasteiger partial charge < -0.3 is 25.3 Å². The quantitative estimate of drug-likeness (QED) is 0.331. The number of piperazine rings is 1. The summed E-state index contributed by atoms with van der Waals surface area (Å²) in [5.74, 6) is 0.517. The molecule has 3 aliphatic rings. The van der Waals surface area contributed by atoms with Gasteiger partial charge in [-0.2, -0.15) is 13.2 Å². The SMILES string of the molecule is C=N/C=N\C(Nc1cc(C(=O)Nc2cc(N3CCN(C)CC3)cc(C(F)(F)F)c2)ccc1C)=C1/CC=NC(N2CCCC2)=N1. The van der Waals surface area contributed by atoms with Gasteiger partial charge in [-0.3, -0.25) is 9.79 Å². The van der Waals surface area contributed by atoms with E-state index in [0.717, 1.165) is 56.7 Å².